The van der Waals surface area contributed by atoms with Crippen molar-refractivity contribution in [3.8, 4) is 0 Å². The molecule has 1 amide bonds. The summed E-state index contributed by atoms with van der Waals surface area (Å²) in [6.45, 7) is 10.7. The molecule has 2 unspecified atom stereocenters. The molecule has 1 aromatic carbocycles. The van der Waals surface area contributed by atoms with Crippen molar-refractivity contribution < 1.29 is 9.53 Å². The Hall–Kier alpha value is -2.08. The predicted molar refractivity (Wildman–Crippen MR) is 114 cm³/mol. The van der Waals surface area contributed by atoms with Crippen molar-refractivity contribution in [3.63, 3.8) is 0 Å². The number of nitrogens with zero attached hydrogens (tertiary/aromatic N) is 1. The molecule has 1 aromatic rings. The van der Waals surface area contributed by atoms with Crippen LogP contribution < -0.4 is 16.0 Å². The van der Waals surface area contributed by atoms with Crippen molar-refractivity contribution in [2.24, 2.45) is 16.3 Å². The molecule has 3 N–H and O–H groups in total. The fraction of sp³-hybridized carbons (Fsp3) is 0.636. The Morgan fingerprint density at radius 1 is 1.25 bits per heavy atom. The molecule has 0 aromatic heterocycles. The van der Waals surface area contributed by atoms with E-state index in [1.54, 1.807) is 7.05 Å². The minimum Gasteiger partial charge on any atom is -0.373 e. The summed E-state index contributed by atoms with van der Waals surface area (Å²) in [5.41, 5.74) is 1.95. The molecule has 1 fully saturated rings. The van der Waals surface area contributed by atoms with Crippen molar-refractivity contribution in [2.45, 2.75) is 46.6 Å². The first kappa shape index (κ1) is 22.2. The third-order valence-electron chi connectivity index (χ3n) is 5.20. The third kappa shape index (κ3) is 6.23. The second-order valence-corrected chi connectivity index (χ2v) is 8.14. The monoisotopic (exact) mass is 388 g/mol. The van der Waals surface area contributed by atoms with Gasteiger partial charge in [-0.25, -0.2) is 0 Å². The van der Waals surface area contributed by atoms with Crippen LogP contribution in [0.2, 0.25) is 0 Å². The molecule has 0 aliphatic carbocycles. The maximum atomic E-state index is 12.0. The maximum Gasteiger partial charge on any atom is 0.227 e. The predicted octanol–water partition coefficient (Wildman–Crippen LogP) is 2.79. The van der Waals surface area contributed by atoms with Gasteiger partial charge >= 0.3 is 0 Å². The number of carbonyl (C=O) groups excluding carboxylic acids is 1. The minimum atomic E-state index is -0.546. The van der Waals surface area contributed by atoms with Crippen LogP contribution in [0.15, 0.2) is 29.3 Å². The third-order valence-corrected chi connectivity index (χ3v) is 5.20. The Morgan fingerprint density at radius 3 is 2.61 bits per heavy atom. The zero-order valence-electron chi connectivity index (χ0n) is 18.0. The molecule has 1 saturated heterocycles. The van der Waals surface area contributed by atoms with Crippen molar-refractivity contribution in [1.29, 1.82) is 0 Å². The summed E-state index contributed by atoms with van der Waals surface area (Å²) in [7, 11) is 1.66. The van der Waals surface area contributed by atoms with Gasteiger partial charge in [-0.1, -0.05) is 29.8 Å². The van der Waals surface area contributed by atoms with Crippen molar-refractivity contribution in [1.82, 2.24) is 16.0 Å². The molecular weight excluding hydrogens is 352 g/mol. The van der Waals surface area contributed by atoms with Gasteiger partial charge in [-0.3, -0.25) is 9.79 Å². The van der Waals surface area contributed by atoms with Crippen LogP contribution in [0.1, 0.15) is 50.8 Å². The summed E-state index contributed by atoms with van der Waals surface area (Å²) in [4.78, 5) is 16.6. The SMILES string of the molecule is CCNC(=NCC(C)(C)C(=O)NC)NCC1CCCOC1c1ccc(C)cc1. The Morgan fingerprint density at radius 2 is 1.96 bits per heavy atom. The molecule has 28 heavy (non-hydrogen) atoms. The first-order valence-electron chi connectivity index (χ1n) is 10.3. The van der Waals surface area contributed by atoms with E-state index in [1.165, 1.54) is 11.1 Å². The number of carbonyl (C=O) groups is 1. The van der Waals surface area contributed by atoms with Gasteiger partial charge in [0.05, 0.1) is 18.1 Å². The second-order valence-electron chi connectivity index (χ2n) is 8.14. The number of hydrogen-bond acceptors (Lipinski definition) is 3. The van der Waals surface area contributed by atoms with Gasteiger partial charge < -0.3 is 20.7 Å². The second kappa shape index (κ2) is 10.5. The fourth-order valence-electron chi connectivity index (χ4n) is 3.43. The topological polar surface area (TPSA) is 74.8 Å². The van der Waals surface area contributed by atoms with Gasteiger partial charge in [0, 0.05) is 32.7 Å². The molecule has 6 nitrogen and oxygen atoms in total. The summed E-state index contributed by atoms with van der Waals surface area (Å²) in [6, 6.07) is 8.63. The smallest absolute Gasteiger partial charge is 0.227 e. The Labute approximate surface area is 169 Å². The van der Waals surface area contributed by atoms with Crippen molar-refractivity contribution in [3.05, 3.63) is 35.4 Å². The highest BCUT2D eigenvalue weighted by Gasteiger charge is 2.28. The Bertz CT molecular complexity index is 655. The quantitative estimate of drug-likeness (QED) is 0.496. The first-order chi connectivity index (χ1) is 13.4. The molecule has 0 bridgehead atoms. The Kier molecular flexibility index (Phi) is 8.30. The van der Waals surface area contributed by atoms with E-state index in [2.05, 4.69) is 52.1 Å². The van der Waals surface area contributed by atoms with Crippen LogP contribution in [-0.2, 0) is 9.53 Å². The molecule has 1 heterocycles. The molecule has 0 spiro atoms. The number of benzene rings is 1. The number of nitrogens with one attached hydrogen (secondary N) is 3. The van der Waals surface area contributed by atoms with Gasteiger partial charge in [-0.05, 0) is 46.1 Å². The lowest BCUT2D eigenvalue weighted by Gasteiger charge is -2.33. The zero-order chi connectivity index (χ0) is 20.6. The van der Waals surface area contributed by atoms with Crippen molar-refractivity contribution >= 4 is 11.9 Å². The van der Waals surface area contributed by atoms with E-state index in [-0.39, 0.29) is 12.0 Å². The van der Waals surface area contributed by atoms with Gasteiger partial charge in [0.2, 0.25) is 5.91 Å². The van der Waals surface area contributed by atoms with Crippen LogP contribution in [0.3, 0.4) is 0 Å². The van der Waals surface area contributed by atoms with Gasteiger partial charge in [0.15, 0.2) is 5.96 Å². The molecule has 2 rings (SSSR count). The van der Waals surface area contributed by atoms with Crippen LogP contribution in [0, 0.1) is 18.3 Å². The normalized spacial score (nSPS) is 20.5. The lowest BCUT2D eigenvalue weighted by molar-refractivity contribution is -0.128. The highest BCUT2D eigenvalue weighted by molar-refractivity contribution is 5.83. The van der Waals surface area contributed by atoms with Gasteiger partial charge in [0.25, 0.3) is 0 Å². The summed E-state index contributed by atoms with van der Waals surface area (Å²) in [6.07, 6.45) is 2.30. The van der Waals surface area contributed by atoms with Gasteiger partial charge in [-0.2, -0.15) is 0 Å². The average molecular weight is 389 g/mol. The number of rotatable bonds is 7. The van der Waals surface area contributed by atoms with E-state index in [4.69, 9.17) is 4.74 Å². The lowest BCUT2D eigenvalue weighted by Crippen LogP contribution is -2.43. The fourth-order valence-corrected chi connectivity index (χ4v) is 3.43. The number of amides is 1. The van der Waals surface area contributed by atoms with Crippen LogP contribution in [0.4, 0.5) is 0 Å². The number of aryl methyl sites for hydroxylation is 1. The summed E-state index contributed by atoms with van der Waals surface area (Å²) >= 11 is 0. The highest BCUT2D eigenvalue weighted by atomic mass is 16.5. The molecule has 156 valence electrons. The molecule has 1 aliphatic heterocycles. The van der Waals surface area contributed by atoms with E-state index in [0.717, 1.165) is 38.5 Å². The largest absolute Gasteiger partial charge is 0.373 e. The summed E-state index contributed by atoms with van der Waals surface area (Å²) in [5, 5.41) is 9.45. The summed E-state index contributed by atoms with van der Waals surface area (Å²) < 4.78 is 6.12. The van der Waals surface area contributed by atoms with Gasteiger partial charge in [0.1, 0.15) is 0 Å². The lowest BCUT2D eigenvalue weighted by atomic mass is 9.89. The van der Waals surface area contributed by atoms with Crippen LogP contribution in [-0.4, -0.2) is 45.2 Å². The molecule has 0 radical (unpaired) electrons. The number of hydrogen-bond donors (Lipinski definition) is 3. The minimum absolute atomic E-state index is 0.00721. The molecule has 2 atom stereocenters. The molecule has 1 aliphatic rings. The van der Waals surface area contributed by atoms with E-state index in [9.17, 15) is 4.79 Å². The number of aliphatic imine (C=N–C) groups is 1. The molecule has 6 heteroatoms. The standard InChI is InChI=1S/C22H36N4O2/c1-6-24-21(26-15-22(3,4)20(27)23-5)25-14-18-8-7-13-28-19(18)17-11-9-16(2)10-12-17/h9-12,18-19H,6-8,13-15H2,1-5H3,(H,23,27)(H2,24,25,26). The van der Waals surface area contributed by atoms with Crippen LogP contribution in [0.25, 0.3) is 0 Å². The van der Waals surface area contributed by atoms with E-state index >= 15 is 0 Å². The van der Waals surface area contributed by atoms with Crippen LogP contribution in [0.5, 0.6) is 0 Å². The highest BCUT2D eigenvalue weighted by Crippen LogP contribution is 2.33. The van der Waals surface area contributed by atoms with Crippen molar-refractivity contribution in [2.75, 3.05) is 33.3 Å². The molecular formula is C22H36N4O2. The Balaban J connectivity index is 2.03. The average Bonchev–Trinajstić information content (AvgIpc) is 2.70. The van der Waals surface area contributed by atoms with E-state index in [0.29, 0.717) is 12.5 Å². The maximum absolute atomic E-state index is 12.0. The van der Waals surface area contributed by atoms with E-state index in [1.807, 2.05) is 20.8 Å². The zero-order valence-corrected chi connectivity index (χ0v) is 18.0. The first-order valence-corrected chi connectivity index (χ1v) is 10.3. The van der Waals surface area contributed by atoms with Gasteiger partial charge in [-0.15, -0.1) is 0 Å². The van der Waals surface area contributed by atoms with E-state index < -0.39 is 5.41 Å². The number of guanidine groups is 1. The number of ether oxygens (including phenoxy) is 1. The molecule has 0 saturated carbocycles. The van der Waals surface area contributed by atoms with Crippen LogP contribution >= 0.6 is 0 Å². The summed E-state index contributed by atoms with van der Waals surface area (Å²) in [5.74, 6) is 1.12.